The number of rotatable bonds is 2. The zero-order valence-electron chi connectivity index (χ0n) is 6.83. The Morgan fingerprint density at radius 3 is 2.42 bits per heavy atom. The fraction of sp³-hybridized carbons (Fsp3) is 0.400. The van der Waals surface area contributed by atoms with E-state index < -0.39 is 0 Å². The molecule has 0 radical (unpaired) electrons. The lowest BCUT2D eigenvalue weighted by Crippen LogP contribution is -2.03. The van der Waals surface area contributed by atoms with E-state index in [2.05, 4.69) is 0 Å². The smallest absolute Gasteiger partial charge is 0.123 e. The molecule has 0 heterocycles. The molecule has 64 valence electrons. The van der Waals surface area contributed by atoms with E-state index in [1.54, 1.807) is 0 Å². The predicted octanol–water partition coefficient (Wildman–Crippen LogP) is 1.72. The van der Waals surface area contributed by atoms with Gasteiger partial charge in [-0.3, -0.25) is 0 Å². The van der Waals surface area contributed by atoms with Gasteiger partial charge in [-0.25, -0.2) is 4.39 Å². The minimum absolute atomic E-state index is 0.168. The number of benzene rings is 1. The van der Waals surface area contributed by atoms with Crippen molar-refractivity contribution in [3.05, 3.63) is 35.6 Å². The lowest BCUT2D eigenvalue weighted by molar-refractivity contribution is 0.626. The van der Waals surface area contributed by atoms with Crippen LogP contribution in [0.5, 0.6) is 0 Å². The van der Waals surface area contributed by atoms with Crippen LogP contribution in [0.15, 0.2) is 24.3 Å². The molecule has 0 bridgehead atoms. The molecule has 0 aliphatic heterocycles. The zero-order valence-corrected chi connectivity index (χ0v) is 6.83. The molecule has 1 fully saturated rings. The summed E-state index contributed by atoms with van der Waals surface area (Å²) in [5, 5.41) is 0. The van der Waals surface area contributed by atoms with Crippen molar-refractivity contribution in [2.24, 2.45) is 11.7 Å². The Morgan fingerprint density at radius 1 is 1.33 bits per heavy atom. The molecule has 0 amide bonds. The van der Waals surface area contributed by atoms with Gasteiger partial charge in [0.05, 0.1) is 0 Å². The first kappa shape index (κ1) is 7.74. The minimum atomic E-state index is -0.168. The molecular formula is C10H12FN. The molecule has 1 aliphatic rings. The first-order valence-electron chi connectivity index (χ1n) is 4.26. The molecule has 1 aromatic carbocycles. The van der Waals surface area contributed by atoms with Crippen molar-refractivity contribution in [3.63, 3.8) is 0 Å². The lowest BCUT2D eigenvalue weighted by Gasteiger charge is -1.98. The highest BCUT2D eigenvalue weighted by atomic mass is 19.1. The maximum absolute atomic E-state index is 12.5. The maximum atomic E-state index is 12.5. The van der Waals surface area contributed by atoms with Gasteiger partial charge in [-0.1, -0.05) is 12.1 Å². The molecule has 12 heavy (non-hydrogen) atoms. The fourth-order valence-corrected chi connectivity index (χ4v) is 1.43. The van der Waals surface area contributed by atoms with E-state index in [0.717, 1.165) is 12.8 Å². The van der Waals surface area contributed by atoms with E-state index >= 15 is 0 Å². The number of hydrogen-bond acceptors (Lipinski definition) is 1. The van der Waals surface area contributed by atoms with E-state index in [-0.39, 0.29) is 5.82 Å². The van der Waals surface area contributed by atoms with Crippen LogP contribution in [0.2, 0.25) is 0 Å². The van der Waals surface area contributed by atoms with Gasteiger partial charge in [-0.2, -0.15) is 0 Å². The molecule has 1 aliphatic carbocycles. The van der Waals surface area contributed by atoms with Crippen LogP contribution < -0.4 is 5.73 Å². The quantitative estimate of drug-likeness (QED) is 0.709. The van der Waals surface area contributed by atoms with Crippen LogP contribution in [-0.4, -0.2) is 6.04 Å². The van der Waals surface area contributed by atoms with Crippen molar-refractivity contribution in [1.29, 1.82) is 0 Å². The van der Waals surface area contributed by atoms with Gasteiger partial charge in [0.25, 0.3) is 0 Å². The maximum Gasteiger partial charge on any atom is 0.123 e. The Bertz CT molecular complexity index is 268. The van der Waals surface area contributed by atoms with E-state index in [0.29, 0.717) is 12.0 Å². The Labute approximate surface area is 71.4 Å². The third-order valence-corrected chi connectivity index (χ3v) is 2.39. The van der Waals surface area contributed by atoms with Crippen LogP contribution in [0.3, 0.4) is 0 Å². The van der Waals surface area contributed by atoms with Crippen LogP contribution in [0, 0.1) is 11.7 Å². The molecule has 0 aromatic heterocycles. The molecule has 0 spiro atoms. The molecule has 1 saturated carbocycles. The second-order valence-corrected chi connectivity index (χ2v) is 3.49. The van der Waals surface area contributed by atoms with Crippen LogP contribution in [0.4, 0.5) is 4.39 Å². The Balaban J connectivity index is 2.00. The normalized spacial score (nSPS) is 27.2. The number of nitrogens with two attached hydrogens (primary N) is 1. The van der Waals surface area contributed by atoms with Gasteiger partial charge in [-0.05, 0) is 36.5 Å². The summed E-state index contributed by atoms with van der Waals surface area (Å²) < 4.78 is 12.5. The second kappa shape index (κ2) is 2.87. The summed E-state index contributed by atoms with van der Waals surface area (Å²) in [7, 11) is 0. The first-order chi connectivity index (χ1) is 5.75. The van der Waals surface area contributed by atoms with Crippen LogP contribution in [0.1, 0.15) is 12.0 Å². The number of hydrogen-bond donors (Lipinski definition) is 1. The highest BCUT2D eigenvalue weighted by molar-refractivity contribution is 5.18. The van der Waals surface area contributed by atoms with Gasteiger partial charge >= 0.3 is 0 Å². The zero-order chi connectivity index (χ0) is 8.55. The SMILES string of the molecule is NC1CC1Cc1ccc(F)cc1. The summed E-state index contributed by atoms with van der Waals surface area (Å²) in [6.07, 6.45) is 2.12. The van der Waals surface area contributed by atoms with Crippen LogP contribution >= 0.6 is 0 Å². The van der Waals surface area contributed by atoms with E-state index in [1.165, 1.54) is 17.7 Å². The summed E-state index contributed by atoms with van der Waals surface area (Å²) in [6, 6.07) is 7.06. The van der Waals surface area contributed by atoms with Gasteiger partial charge in [0.2, 0.25) is 0 Å². The average Bonchev–Trinajstić information content (AvgIpc) is 2.72. The van der Waals surface area contributed by atoms with Crippen molar-refractivity contribution < 1.29 is 4.39 Å². The summed E-state index contributed by atoms with van der Waals surface area (Å²) >= 11 is 0. The molecule has 2 heteroatoms. The van der Waals surface area contributed by atoms with E-state index in [1.807, 2.05) is 12.1 Å². The molecule has 1 nitrogen and oxygen atoms in total. The average molecular weight is 165 g/mol. The lowest BCUT2D eigenvalue weighted by atomic mass is 10.1. The monoisotopic (exact) mass is 165 g/mol. The van der Waals surface area contributed by atoms with Crippen molar-refractivity contribution >= 4 is 0 Å². The molecule has 2 unspecified atom stereocenters. The van der Waals surface area contributed by atoms with Crippen molar-refractivity contribution in [1.82, 2.24) is 0 Å². The Kier molecular flexibility index (Phi) is 1.85. The standard InChI is InChI=1S/C10H12FN/c11-9-3-1-7(2-4-9)5-8-6-10(8)12/h1-4,8,10H,5-6,12H2. The summed E-state index contributed by atoms with van der Waals surface area (Å²) in [6.45, 7) is 0. The van der Waals surface area contributed by atoms with E-state index in [9.17, 15) is 4.39 Å². The molecule has 0 saturated heterocycles. The van der Waals surface area contributed by atoms with Crippen LogP contribution in [-0.2, 0) is 6.42 Å². The highest BCUT2D eigenvalue weighted by Gasteiger charge is 2.32. The third-order valence-electron chi connectivity index (χ3n) is 2.39. The Morgan fingerprint density at radius 2 is 1.92 bits per heavy atom. The molecule has 2 atom stereocenters. The van der Waals surface area contributed by atoms with Gasteiger partial charge in [0, 0.05) is 6.04 Å². The molecule has 1 aromatic rings. The van der Waals surface area contributed by atoms with Crippen LogP contribution in [0.25, 0.3) is 0 Å². The van der Waals surface area contributed by atoms with Crippen molar-refractivity contribution in [2.75, 3.05) is 0 Å². The first-order valence-corrected chi connectivity index (χ1v) is 4.26. The largest absolute Gasteiger partial charge is 0.327 e. The molecule has 2 rings (SSSR count). The summed E-state index contributed by atoms with van der Waals surface area (Å²) in [5.74, 6) is 0.467. The second-order valence-electron chi connectivity index (χ2n) is 3.49. The fourth-order valence-electron chi connectivity index (χ4n) is 1.43. The number of halogens is 1. The summed E-state index contributed by atoms with van der Waals surface area (Å²) in [5.41, 5.74) is 6.86. The molecular weight excluding hydrogens is 153 g/mol. The van der Waals surface area contributed by atoms with Gasteiger partial charge in [0.15, 0.2) is 0 Å². The van der Waals surface area contributed by atoms with Crippen molar-refractivity contribution in [3.8, 4) is 0 Å². The Hall–Kier alpha value is -0.890. The highest BCUT2D eigenvalue weighted by Crippen LogP contribution is 2.31. The minimum Gasteiger partial charge on any atom is -0.327 e. The van der Waals surface area contributed by atoms with E-state index in [4.69, 9.17) is 5.73 Å². The van der Waals surface area contributed by atoms with Gasteiger partial charge in [-0.15, -0.1) is 0 Å². The van der Waals surface area contributed by atoms with Gasteiger partial charge < -0.3 is 5.73 Å². The summed E-state index contributed by atoms with van der Waals surface area (Å²) in [4.78, 5) is 0. The topological polar surface area (TPSA) is 26.0 Å². The third kappa shape index (κ3) is 1.64. The molecule has 2 N–H and O–H groups in total. The predicted molar refractivity (Wildman–Crippen MR) is 46.2 cm³/mol. The van der Waals surface area contributed by atoms with Gasteiger partial charge in [0.1, 0.15) is 5.82 Å². The van der Waals surface area contributed by atoms with Crippen molar-refractivity contribution in [2.45, 2.75) is 18.9 Å².